The third-order valence-electron chi connectivity index (χ3n) is 11.5. The van der Waals surface area contributed by atoms with Crippen molar-refractivity contribution < 1.29 is 14.3 Å². The van der Waals surface area contributed by atoms with Gasteiger partial charge < -0.3 is 14.3 Å². The zero-order valence-corrected chi connectivity index (χ0v) is 21.8. The maximum Gasteiger partial charge on any atom is 0.219 e. The number of aliphatic hydroxyl groups excluding tert-OH is 1. The largest absolute Gasteiger partial charge is 0.425 e. The predicted molar refractivity (Wildman–Crippen MR) is 131 cm³/mol. The molecular weight excluding hydrogens is 424 g/mol. The van der Waals surface area contributed by atoms with E-state index in [2.05, 4.69) is 44.0 Å². The summed E-state index contributed by atoms with van der Waals surface area (Å²) in [6.45, 7) is 11.7. The van der Waals surface area contributed by atoms with Crippen molar-refractivity contribution in [2.75, 3.05) is 0 Å². The van der Waals surface area contributed by atoms with Gasteiger partial charge in [0, 0.05) is 12.8 Å². The number of fused-ring (bicyclic) bond motifs is 7. The third kappa shape index (κ3) is 3.39. The first-order valence-corrected chi connectivity index (χ1v) is 14.0. The second kappa shape index (κ2) is 8.16. The second-order valence-electron chi connectivity index (χ2n) is 13.2. The molecule has 5 nitrogen and oxygen atoms in total. The predicted octanol–water partition coefficient (Wildman–Crippen LogP) is 6.22. The number of hydrogen-bond donors (Lipinski definition) is 1. The summed E-state index contributed by atoms with van der Waals surface area (Å²) in [4.78, 5) is 0. The van der Waals surface area contributed by atoms with Gasteiger partial charge in [-0.2, -0.15) is 0 Å². The summed E-state index contributed by atoms with van der Waals surface area (Å²) >= 11 is 0. The Hall–Kier alpha value is -1.20. The number of aliphatic hydroxyl groups is 1. The molecule has 2 heterocycles. The van der Waals surface area contributed by atoms with E-state index in [4.69, 9.17) is 9.15 Å². The van der Waals surface area contributed by atoms with Gasteiger partial charge in [-0.05, 0) is 98.2 Å². The van der Waals surface area contributed by atoms with Crippen LogP contribution >= 0.6 is 0 Å². The van der Waals surface area contributed by atoms with Crippen molar-refractivity contribution in [2.45, 2.75) is 117 Å². The van der Waals surface area contributed by atoms with Gasteiger partial charge in [0.2, 0.25) is 11.8 Å². The molecule has 5 heteroatoms. The van der Waals surface area contributed by atoms with Crippen LogP contribution in [-0.4, -0.2) is 33.6 Å². The summed E-state index contributed by atoms with van der Waals surface area (Å²) in [5.74, 6) is 5.38. The van der Waals surface area contributed by atoms with E-state index in [0.29, 0.717) is 40.8 Å². The topological polar surface area (TPSA) is 68.4 Å². The van der Waals surface area contributed by atoms with Crippen LogP contribution in [0.25, 0.3) is 0 Å². The molecule has 1 aromatic heterocycles. The molecule has 34 heavy (non-hydrogen) atoms. The summed E-state index contributed by atoms with van der Waals surface area (Å²) in [6.07, 6.45) is 13.6. The monoisotopic (exact) mass is 468 g/mol. The third-order valence-corrected chi connectivity index (χ3v) is 11.5. The van der Waals surface area contributed by atoms with Gasteiger partial charge in [-0.3, -0.25) is 0 Å². The van der Waals surface area contributed by atoms with Crippen molar-refractivity contribution in [1.29, 1.82) is 0 Å². The highest BCUT2D eigenvalue weighted by Crippen LogP contribution is 2.69. The number of allylic oxidation sites excluding steroid dienone is 1. The van der Waals surface area contributed by atoms with Crippen LogP contribution in [0.4, 0.5) is 0 Å². The standard InChI is InChI=1S/C29H44N2O3/c1-16(27-31-30-18(3)33-27)6-9-24-17(2)26-25(34-24)15-23-21-8-7-19-14-20(32)10-12-28(19,4)22(21)11-13-29(23,26)5/h7,16-17,20-26,32H,6,8-15H2,1-5H3/t16-,17-,20+,21-,22+,23+,24-,25+,26+,28+,29+/m1/s1. The summed E-state index contributed by atoms with van der Waals surface area (Å²) < 4.78 is 12.5. The van der Waals surface area contributed by atoms with Gasteiger partial charge in [0.05, 0.1) is 18.3 Å². The van der Waals surface area contributed by atoms with E-state index in [9.17, 15) is 5.11 Å². The number of ether oxygens (including phenoxy) is 1. The minimum absolute atomic E-state index is 0.117. The van der Waals surface area contributed by atoms with Crippen molar-refractivity contribution in [2.24, 2.45) is 40.4 Å². The van der Waals surface area contributed by atoms with E-state index in [1.807, 2.05) is 6.92 Å². The first-order valence-electron chi connectivity index (χ1n) is 14.0. The molecule has 4 fully saturated rings. The number of aromatic nitrogens is 2. The number of nitrogens with zero attached hydrogens (tertiary/aromatic N) is 2. The van der Waals surface area contributed by atoms with Crippen LogP contribution in [0.3, 0.4) is 0 Å². The Bertz CT molecular complexity index is 957. The van der Waals surface area contributed by atoms with Crippen molar-refractivity contribution in [3.05, 3.63) is 23.4 Å². The van der Waals surface area contributed by atoms with Gasteiger partial charge in [-0.1, -0.05) is 39.3 Å². The zero-order chi connectivity index (χ0) is 23.8. The molecule has 6 rings (SSSR count). The van der Waals surface area contributed by atoms with Crippen LogP contribution in [0.5, 0.6) is 0 Å². The Morgan fingerprint density at radius 2 is 2.00 bits per heavy atom. The molecule has 1 aliphatic heterocycles. The second-order valence-corrected chi connectivity index (χ2v) is 13.2. The summed E-state index contributed by atoms with van der Waals surface area (Å²) in [6, 6.07) is 0. The van der Waals surface area contributed by atoms with Gasteiger partial charge in [-0.15, -0.1) is 10.2 Å². The molecule has 3 saturated carbocycles. The quantitative estimate of drug-likeness (QED) is 0.532. The molecule has 0 radical (unpaired) electrons. The van der Waals surface area contributed by atoms with Crippen LogP contribution in [0.1, 0.15) is 103 Å². The zero-order valence-electron chi connectivity index (χ0n) is 21.8. The average Bonchev–Trinajstić information content (AvgIpc) is 3.46. The van der Waals surface area contributed by atoms with Crippen molar-refractivity contribution in [3.8, 4) is 0 Å². The highest BCUT2D eigenvalue weighted by atomic mass is 16.5. The Balaban J connectivity index is 1.16. The molecule has 1 saturated heterocycles. The van der Waals surface area contributed by atoms with E-state index in [1.165, 1.54) is 32.1 Å². The van der Waals surface area contributed by atoms with Crippen LogP contribution < -0.4 is 0 Å². The maximum absolute atomic E-state index is 10.3. The minimum Gasteiger partial charge on any atom is -0.425 e. The van der Waals surface area contributed by atoms with Gasteiger partial charge in [0.1, 0.15) is 0 Å². The lowest BCUT2D eigenvalue weighted by Gasteiger charge is -2.58. The fraction of sp³-hybridized carbons (Fsp3) is 0.862. The summed E-state index contributed by atoms with van der Waals surface area (Å²) in [7, 11) is 0. The van der Waals surface area contributed by atoms with Gasteiger partial charge in [0.25, 0.3) is 0 Å². The van der Waals surface area contributed by atoms with Gasteiger partial charge in [-0.25, -0.2) is 0 Å². The van der Waals surface area contributed by atoms with Gasteiger partial charge in [0.15, 0.2) is 0 Å². The van der Waals surface area contributed by atoms with Crippen molar-refractivity contribution in [1.82, 2.24) is 10.2 Å². The minimum atomic E-state index is -0.117. The van der Waals surface area contributed by atoms with E-state index >= 15 is 0 Å². The van der Waals surface area contributed by atoms with E-state index in [1.54, 1.807) is 5.57 Å². The Morgan fingerprint density at radius 1 is 1.18 bits per heavy atom. The van der Waals surface area contributed by atoms with E-state index in [0.717, 1.165) is 49.3 Å². The molecule has 4 aliphatic carbocycles. The van der Waals surface area contributed by atoms with Crippen molar-refractivity contribution >= 4 is 0 Å². The fourth-order valence-electron chi connectivity index (χ4n) is 9.71. The normalized spacial score (nSPS) is 48.5. The molecule has 5 aliphatic rings. The number of aryl methyl sites for hydroxylation is 1. The highest BCUT2D eigenvalue weighted by molar-refractivity contribution is 5.26. The Labute approximate surface area is 205 Å². The molecule has 0 spiro atoms. The SMILES string of the molecule is Cc1nnc([C@H](C)CC[C@H]2O[C@H]3C[C@H]4[C@@H]5CC=C6C[C@@H](O)CC[C@]6(C)[C@H]5CC[C@]4(C)[C@H]3[C@@H]2C)o1. The Kier molecular flexibility index (Phi) is 5.57. The molecule has 0 amide bonds. The van der Waals surface area contributed by atoms with Crippen LogP contribution in [-0.2, 0) is 4.74 Å². The molecule has 1 aromatic rings. The lowest BCUT2D eigenvalue weighted by atomic mass is 9.47. The number of rotatable bonds is 4. The lowest BCUT2D eigenvalue weighted by Crippen LogP contribution is -2.51. The fourth-order valence-corrected chi connectivity index (χ4v) is 9.71. The first-order chi connectivity index (χ1) is 16.2. The van der Waals surface area contributed by atoms with Crippen molar-refractivity contribution in [3.63, 3.8) is 0 Å². The Morgan fingerprint density at radius 3 is 2.76 bits per heavy atom. The molecule has 0 bridgehead atoms. The highest BCUT2D eigenvalue weighted by Gasteiger charge is 2.64. The summed E-state index contributed by atoms with van der Waals surface area (Å²) in [5, 5.41) is 18.5. The van der Waals surface area contributed by atoms with Crippen LogP contribution in [0.2, 0.25) is 0 Å². The molecule has 188 valence electrons. The van der Waals surface area contributed by atoms with Crippen LogP contribution in [0, 0.1) is 47.3 Å². The van der Waals surface area contributed by atoms with Crippen LogP contribution in [0.15, 0.2) is 16.1 Å². The molecule has 0 aromatic carbocycles. The molecule has 0 unspecified atom stereocenters. The maximum atomic E-state index is 10.3. The molecule has 11 atom stereocenters. The first kappa shape index (κ1) is 23.2. The van der Waals surface area contributed by atoms with E-state index in [-0.39, 0.29) is 12.0 Å². The molecule has 1 N–H and O–H groups in total. The summed E-state index contributed by atoms with van der Waals surface area (Å²) in [5.41, 5.74) is 2.30. The number of hydrogen-bond acceptors (Lipinski definition) is 5. The lowest BCUT2D eigenvalue weighted by molar-refractivity contribution is -0.0589. The molecular formula is C29H44N2O3. The van der Waals surface area contributed by atoms with Gasteiger partial charge >= 0.3 is 0 Å². The average molecular weight is 469 g/mol. The smallest absolute Gasteiger partial charge is 0.219 e. The van der Waals surface area contributed by atoms with E-state index < -0.39 is 0 Å².